The average molecular weight is 465 g/mol. The summed E-state index contributed by atoms with van der Waals surface area (Å²) in [5.41, 5.74) is 1.61. The van der Waals surface area contributed by atoms with E-state index in [4.69, 9.17) is 4.74 Å². The molecule has 1 aliphatic heterocycles. The highest BCUT2D eigenvalue weighted by Crippen LogP contribution is 2.46. The van der Waals surface area contributed by atoms with Crippen molar-refractivity contribution < 1.29 is 22.7 Å². The van der Waals surface area contributed by atoms with Gasteiger partial charge < -0.3 is 4.74 Å². The van der Waals surface area contributed by atoms with Gasteiger partial charge in [-0.25, -0.2) is 5.01 Å². The fourth-order valence-corrected chi connectivity index (χ4v) is 4.40. The summed E-state index contributed by atoms with van der Waals surface area (Å²) >= 11 is 0. The third-order valence-electron chi connectivity index (χ3n) is 6.26. The number of ether oxygens (including phenoxy) is 1. The summed E-state index contributed by atoms with van der Waals surface area (Å²) in [6, 6.07) is 8.42. The Balaban J connectivity index is 1.86. The molecule has 0 aliphatic carbocycles. The molecule has 33 heavy (non-hydrogen) atoms. The summed E-state index contributed by atoms with van der Waals surface area (Å²) in [5, 5.41) is 2.20. The third kappa shape index (κ3) is 6.19. The lowest BCUT2D eigenvalue weighted by atomic mass is 9.92. The van der Waals surface area contributed by atoms with Gasteiger partial charge in [0.15, 0.2) is 6.04 Å². The second-order valence-corrected chi connectivity index (χ2v) is 9.57. The van der Waals surface area contributed by atoms with E-state index in [0.717, 1.165) is 24.3 Å². The van der Waals surface area contributed by atoms with E-state index in [0.29, 0.717) is 17.4 Å². The van der Waals surface area contributed by atoms with Gasteiger partial charge in [0.2, 0.25) is 5.91 Å². The number of carbonyl (C=O) groups excluding carboxylic acids is 1. The number of benzene rings is 2. The lowest BCUT2D eigenvalue weighted by Gasteiger charge is -2.32. The number of hydrazine groups is 1. The van der Waals surface area contributed by atoms with E-state index in [1.54, 1.807) is 50.2 Å². The molecule has 0 spiro atoms. The molecule has 2 aromatic rings. The number of unbranched alkanes of at least 4 members (excludes halogenated alkanes) is 6. The van der Waals surface area contributed by atoms with Crippen LogP contribution in [0.1, 0.15) is 77.3 Å². The van der Waals surface area contributed by atoms with Crippen LogP contribution in [0.15, 0.2) is 36.4 Å². The van der Waals surface area contributed by atoms with Gasteiger partial charge in [-0.2, -0.15) is 13.2 Å². The van der Waals surface area contributed by atoms with Crippen LogP contribution in [0.3, 0.4) is 0 Å². The molecule has 4 nitrogen and oxygen atoms in total. The first-order valence-electron chi connectivity index (χ1n) is 11.9. The molecular weight excluding hydrogens is 429 g/mol. The Bertz CT molecular complexity index is 943. The van der Waals surface area contributed by atoms with Crippen LogP contribution in [-0.4, -0.2) is 30.2 Å². The zero-order valence-electron chi connectivity index (χ0n) is 19.8. The molecule has 7 heteroatoms. The molecule has 1 unspecified atom stereocenters. The van der Waals surface area contributed by atoms with Crippen molar-refractivity contribution in [1.29, 1.82) is 0 Å². The fraction of sp³-hybridized carbons (Fsp3) is 0.577. The maximum absolute atomic E-state index is 14.5. The number of hydrogen-bond donors (Lipinski definition) is 1. The van der Waals surface area contributed by atoms with Crippen molar-refractivity contribution in [2.24, 2.45) is 5.41 Å². The quantitative estimate of drug-likeness (QED) is 0.366. The molecule has 3 rings (SSSR count). The minimum atomic E-state index is -4.60. The first-order chi connectivity index (χ1) is 15.6. The molecule has 1 atom stereocenters. The number of nitrogens with one attached hydrogen (secondary N) is 1. The Kier molecular flexibility index (Phi) is 8.27. The van der Waals surface area contributed by atoms with Crippen molar-refractivity contribution in [2.75, 3.05) is 13.2 Å². The largest absolute Gasteiger partial charge is 0.493 e. The molecule has 1 N–H and O–H groups in total. The SMILES string of the molecule is CCCCCCCCCOc1ccc2ccccc2c1C(N1CC(C)(C)C(=O)N1)C(F)(F)F. The lowest BCUT2D eigenvalue weighted by molar-refractivity contribution is -0.191. The van der Waals surface area contributed by atoms with E-state index in [1.165, 1.54) is 25.7 Å². The zero-order chi connectivity index (χ0) is 24.1. The van der Waals surface area contributed by atoms with Crippen LogP contribution in [0, 0.1) is 5.41 Å². The number of fused-ring (bicyclic) bond motifs is 1. The Morgan fingerprint density at radius 2 is 1.70 bits per heavy atom. The van der Waals surface area contributed by atoms with Crippen LogP contribution in [0.25, 0.3) is 10.8 Å². The summed E-state index contributed by atoms with van der Waals surface area (Å²) in [7, 11) is 0. The molecule has 182 valence electrons. The number of alkyl halides is 3. The third-order valence-corrected chi connectivity index (χ3v) is 6.26. The number of rotatable bonds is 11. The van der Waals surface area contributed by atoms with Crippen molar-refractivity contribution in [3.8, 4) is 5.75 Å². The van der Waals surface area contributed by atoms with Gasteiger partial charge in [-0.05, 0) is 37.1 Å². The van der Waals surface area contributed by atoms with Gasteiger partial charge in [0.05, 0.1) is 12.0 Å². The van der Waals surface area contributed by atoms with Crippen LogP contribution in [0.4, 0.5) is 13.2 Å². The first-order valence-corrected chi connectivity index (χ1v) is 11.9. The predicted octanol–water partition coefficient (Wildman–Crippen LogP) is 6.95. The molecule has 1 saturated heterocycles. The minimum Gasteiger partial charge on any atom is -0.493 e. The summed E-state index contributed by atoms with van der Waals surface area (Å²) < 4.78 is 49.4. The molecule has 1 heterocycles. The van der Waals surface area contributed by atoms with E-state index >= 15 is 0 Å². The highest BCUT2D eigenvalue weighted by atomic mass is 19.4. The topological polar surface area (TPSA) is 41.6 Å². The molecule has 0 aromatic heterocycles. The van der Waals surface area contributed by atoms with Crippen LogP contribution in [-0.2, 0) is 4.79 Å². The fourth-order valence-electron chi connectivity index (χ4n) is 4.40. The maximum Gasteiger partial charge on any atom is 0.410 e. The second kappa shape index (κ2) is 10.8. The zero-order valence-corrected chi connectivity index (χ0v) is 19.8. The first kappa shape index (κ1) is 25.3. The van der Waals surface area contributed by atoms with Gasteiger partial charge in [-0.15, -0.1) is 0 Å². The van der Waals surface area contributed by atoms with Crippen molar-refractivity contribution in [3.63, 3.8) is 0 Å². The highest BCUT2D eigenvalue weighted by molar-refractivity contribution is 5.89. The van der Waals surface area contributed by atoms with Gasteiger partial charge in [0.25, 0.3) is 0 Å². The van der Waals surface area contributed by atoms with E-state index in [-0.39, 0.29) is 17.9 Å². The second-order valence-electron chi connectivity index (χ2n) is 9.57. The number of carbonyl (C=O) groups is 1. The van der Waals surface area contributed by atoms with Gasteiger partial charge in [0, 0.05) is 12.1 Å². The van der Waals surface area contributed by atoms with Crippen LogP contribution >= 0.6 is 0 Å². The molecule has 0 bridgehead atoms. The van der Waals surface area contributed by atoms with E-state index in [2.05, 4.69) is 12.3 Å². The molecule has 0 radical (unpaired) electrons. The molecule has 1 aliphatic rings. The molecule has 1 amide bonds. The van der Waals surface area contributed by atoms with Gasteiger partial charge in [-0.3, -0.25) is 10.2 Å². The van der Waals surface area contributed by atoms with Crippen LogP contribution < -0.4 is 10.2 Å². The number of halogens is 3. The summed E-state index contributed by atoms with van der Waals surface area (Å²) in [6.07, 6.45) is 3.12. The number of amides is 1. The Morgan fingerprint density at radius 3 is 2.33 bits per heavy atom. The number of hydrogen-bond acceptors (Lipinski definition) is 3. The van der Waals surface area contributed by atoms with Crippen molar-refractivity contribution in [2.45, 2.75) is 77.9 Å². The average Bonchev–Trinajstić information content (AvgIpc) is 3.02. The maximum atomic E-state index is 14.5. The highest BCUT2D eigenvalue weighted by Gasteiger charge is 2.52. The van der Waals surface area contributed by atoms with E-state index in [1.807, 2.05) is 0 Å². The van der Waals surface area contributed by atoms with Gasteiger partial charge in [0.1, 0.15) is 5.75 Å². The smallest absolute Gasteiger partial charge is 0.410 e. The summed E-state index contributed by atoms with van der Waals surface area (Å²) in [5.74, 6) is -0.191. The molecular formula is C26H35F3N2O2. The standard InChI is InChI=1S/C26H35F3N2O2/c1-4-5-6-7-8-9-12-17-33-21-16-15-19-13-10-11-14-20(19)22(21)23(26(27,28)29)31-18-25(2,3)24(32)30-31/h10-11,13-16,23H,4-9,12,17-18H2,1-3H3,(H,30,32). The molecule has 0 saturated carbocycles. The lowest BCUT2D eigenvalue weighted by Crippen LogP contribution is -2.43. The summed E-state index contributed by atoms with van der Waals surface area (Å²) in [6.45, 7) is 5.79. The van der Waals surface area contributed by atoms with Crippen molar-refractivity contribution >= 4 is 16.7 Å². The summed E-state index contributed by atoms with van der Waals surface area (Å²) in [4.78, 5) is 12.3. The van der Waals surface area contributed by atoms with Gasteiger partial charge in [-0.1, -0.05) is 75.8 Å². The Labute approximate surface area is 194 Å². The molecule has 2 aromatic carbocycles. The van der Waals surface area contributed by atoms with Crippen LogP contribution in [0.5, 0.6) is 5.75 Å². The Morgan fingerprint density at radius 1 is 1.03 bits per heavy atom. The Hall–Kier alpha value is -2.28. The van der Waals surface area contributed by atoms with Crippen molar-refractivity contribution in [3.05, 3.63) is 42.0 Å². The van der Waals surface area contributed by atoms with Crippen LogP contribution in [0.2, 0.25) is 0 Å². The predicted molar refractivity (Wildman–Crippen MR) is 125 cm³/mol. The normalized spacial score (nSPS) is 17.3. The van der Waals surface area contributed by atoms with E-state index < -0.39 is 23.5 Å². The van der Waals surface area contributed by atoms with Gasteiger partial charge >= 0.3 is 6.18 Å². The molecule has 1 fully saturated rings. The minimum absolute atomic E-state index is 0.0452. The monoisotopic (exact) mass is 464 g/mol. The van der Waals surface area contributed by atoms with E-state index in [9.17, 15) is 18.0 Å². The number of nitrogens with zero attached hydrogens (tertiary/aromatic N) is 1. The van der Waals surface area contributed by atoms with Crippen molar-refractivity contribution in [1.82, 2.24) is 10.4 Å².